The van der Waals surface area contributed by atoms with Gasteiger partial charge in [-0.15, -0.1) is 0 Å². The summed E-state index contributed by atoms with van der Waals surface area (Å²) in [6, 6.07) is 6.82. The van der Waals surface area contributed by atoms with Crippen LogP contribution in [0.1, 0.15) is 70.8 Å². The van der Waals surface area contributed by atoms with E-state index < -0.39 is 79.5 Å². The van der Waals surface area contributed by atoms with Gasteiger partial charge in [0.15, 0.2) is 15.6 Å². The van der Waals surface area contributed by atoms with E-state index in [1.807, 2.05) is 20.8 Å². The lowest BCUT2D eigenvalue weighted by Gasteiger charge is -2.73. The van der Waals surface area contributed by atoms with Gasteiger partial charge in [0, 0.05) is 18.3 Å². The first-order valence-corrected chi connectivity index (χ1v) is 18.1. The second-order valence-electron chi connectivity index (χ2n) is 15.5. The van der Waals surface area contributed by atoms with Crippen LogP contribution in [0.15, 0.2) is 41.3 Å². The fourth-order valence-corrected chi connectivity index (χ4v) is 12.4. The van der Waals surface area contributed by atoms with Crippen LogP contribution in [0.25, 0.3) is 0 Å². The maximum Gasteiger partial charge on any atom is 0.309 e. The lowest BCUT2D eigenvalue weighted by molar-refractivity contribution is -0.437. The van der Waals surface area contributed by atoms with Gasteiger partial charge < -0.3 is 19.7 Å². The number of hydrogen-bond donors (Lipinski definition) is 2. The van der Waals surface area contributed by atoms with Gasteiger partial charge in [-0.05, 0) is 86.8 Å². The summed E-state index contributed by atoms with van der Waals surface area (Å²) in [5.74, 6) is -5.77. The van der Waals surface area contributed by atoms with Gasteiger partial charge in [0.2, 0.25) is 5.79 Å². The summed E-state index contributed by atoms with van der Waals surface area (Å²) in [4.78, 5) is 42.3. The quantitative estimate of drug-likeness (QED) is 0.363. The van der Waals surface area contributed by atoms with E-state index in [-0.39, 0.29) is 36.1 Å². The van der Waals surface area contributed by atoms with Crippen molar-refractivity contribution >= 4 is 27.4 Å². The number of ether oxygens (including phenoxy) is 2. The number of aryl methyl sites for hydroxylation is 1. The van der Waals surface area contributed by atoms with Gasteiger partial charge in [-0.3, -0.25) is 14.4 Å². The third kappa shape index (κ3) is 4.01. The largest absolute Gasteiger partial charge is 0.460 e. The smallest absolute Gasteiger partial charge is 0.309 e. The maximum absolute atomic E-state index is 14.3. The topological polar surface area (TPSA) is 144 Å². The molecule has 8 rings (SSSR count). The maximum atomic E-state index is 14.3. The van der Waals surface area contributed by atoms with Crippen LogP contribution in [0.5, 0.6) is 0 Å². The van der Waals surface area contributed by atoms with Gasteiger partial charge >= 0.3 is 5.97 Å². The third-order valence-electron chi connectivity index (χ3n) is 12.9. The molecule has 2 N–H and O–H groups in total. The molecule has 0 radical (unpaired) electrons. The number of sulfone groups is 1. The molecule has 244 valence electrons. The molecule has 1 aromatic carbocycles. The van der Waals surface area contributed by atoms with E-state index in [2.05, 4.69) is 6.58 Å². The molecule has 7 aliphatic rings. The summed E-state index contributed by atoms with van der Waals surface area (Å²) in [6.07, 6.45) is 1.11. The number of esters is 1. The second-order valence-corrected chi connectivity index (χ2v) is 17.5. The number of fused-ring (bicyclic) bond motifs is 2. The van der Waals surface area contributed by atoms with Crippen LogP contribution in [0.3, 0.4) is 0 Å². The first kappa shape index (κ1) is 31.2. The summed E-state index contributed by atoms with van der Waals surface area (Å²) in [7, 11) is -3.47. The monoisotopic (exact) mass is 640 g/mol. The average Bonchev–Trinajstić information content (AvgIpc) is 3.10. The summed E-state index contributed by atoms with van der Waals surface area (Å²) in [5, 5.41) is 24.2. The van der Waals surface area contributed by atoms with Gasteiger partial charge in [-0.25, -0.2) is 8.42 Å². The summed E-state index contributed by atoms with van der Waals surface area (Å²) in [6.45, 7) is 9.87. The van der Waals surface area contributed by atoms with Crippen LogP contribution in [0, 0.1) is 52.8 Å². The lowest BCUT2D eigenvalue weighted by atomic mass is 9.36. The Kier molecular flexibility index (Phi) is 6.97. The third-order valence-corrected chi connectivity index (χ3v) is 14.8. The Labute approximate surface area is 264 Å². The molecule has 1 aromatic rings. The number of carbonyl (C=O) groups excluding carboxylic acids is 3. The van der Waals surface area contributed by atoms with E-state index in [4.69, 9.17) is 9.47 Å². The Morgan fingerprint density at radius 3 is 2.40 bits per heavy atom. The molecule has 5 aliphatic carbocycles. The SMILES string of the molecule is C=C1C(=O)[C@]23[C@H](OC(=O)C4CCC(CS(=O)(=O)c5ccc(C)cc5)CC4)[C@H]1CC[C@H]2[C@@]12CO[C@@]3(O)[C@@H](O)[C@@H]1C(C)(C)CCC2=O. The van der Waals surface area contributed by atoms with Crippen LogP contribution in [-0.2, 0) is 33.7 Å². The summed E-state index contributed by atoms with van der Waals surface area (Å²) < 4.78 is 38.4. The Balaban J connectivity index is 1.14. The first-order chi connectivity index (χ1) is 21.1. The molecule has 2 heterocycles. The number of carbonyl (C=O) groups is 3. The number of rotatable bonds is 5. The molecule has 2 spiro atoms. The number of ketones is 2. The number of Topliss-reactive ketones (excluding diaryl/α,β-unsaturated/α-hetero) is 2. The molecule has 5 saturated carbocycles. The summed E-state index contributed by atoms with van der Waals surface area (Å²) in [5.41, 5.74) is -2.26. The molecular formula is C35H44O9S. The minimum atomic E-state index is -3.47. The van der Waals surface area contributed by atoms with Gasteiger partial charge in [-0.2, -0.15) is 0 Å². The van der Waals surface area contributed by atoms with Crippen molar-refractivity contribution in [2.75, 3.05) is 12.4 Å². The first-order valence-electron chi connectivity index (χ1n) is 16.4. The van der Waals surface area contributed by atoms with Crippen LogP contribution in [0.4, 0.5) is 0 Å². The second kappa shape index (κ2) is 10.1. The summed E-state index contributed by atoms with van der Waals surface area (Å²) >= 11 is 0. The molecule has 2 saturated heterocycles. The molecule has 0 amide bonds. The van der Waals surface area contributed by atoms with E-state index >= 15 is 0 Å². The molecule has 45 heavy (non-hydrogen) atoms. The lowest BCUT2D eigenvalue weighted by Crippen LogP contribution is -2.85. The van der Waals surface area contributed by atoms with Crippen molar-refractivity contribution in [1.29, 1.82) is 0 Å². The number of benzene rings is 1. The van der Waals surface area contributed by atoms with Crippen molar-refractivity contribution in [2.24, 2.45) is 45.8 Å². The molecule has 2 aliphatic heterocycles. The van der Waals surface area contributed by atoms with E-state index in [9.17, 15) is 33.0 Å². The van der Waals surface area contributed by atoms with Crippen LogP contribution >= 0.6 is 0 Å². The van der Waals surface area contributed by atoms with Crippen LogP contribution in [0.2, 0.25) is 0 Å². The molecule has 0 aromatic heterocycles. The standard InChI is InChI=1S/C35H44O9S/c1-19-5-11-23(12-6-19)45(41,42)17-21-7-9-22(10-8-21)31(39)44-30-24-13-14-25-33-18-43-35(40,34(25,30)28(37)20(24)2)29(38)27(33)32(3,4)16-15-26(33)36/h5-6,11-12,21-22,24-25,27,29-30,38,40H,2,7-10,13-18H2,1,3-4H3/t21?,22?,24-,25-,27+,29-,30+,33+,34-,35-/m0/s1. The van der Waals surface area contributed by atoms with Crippen molar-refractivity contribution in [3.63, 3.8) is 0 Å². The highest BCUT2D eigenvalue weighted by Gasteiger charge is 2.88. The minimum absolute atomic E-state index is 0.0114. The highest BCUT2D eigenvalue weighted by atomic mass is 32.2. The molecular weight excluding hydrogens is 596 g/mol. The normalized spacial score (nSPS) is 43.5. The van der Waals surface area contributed by atoms with Gasteiger partial charge in [0.1, 0.15) is 23.4 Å². The molecule has 7 fully saturated rings. The Morgan fingerprint density at radius 2 is 1.73 bits per heavy atom. The van der Waals surface area contributed by atoms with Crippen molar-refractivity contribution in [1.82, 2.24) is 0 Å². The van der Waals surface area contributed by atoms with Crippen molar-refractivity contribution in [3.05, 3.63) is 42.0 Å². The molecule has 8 atom stereocenters. The van der Waals surface area contributed by atoms with E-state index in [0.29, 0.717) is 49.8 Å². The molecule has 4 bridgehead atoms. The zero-order valence-electron chi connectivity index (χ0n) is 26.3. The van der Waals surface area contributed by atoms with Gasteiger partial charge in [-0.1, -0.05) is 38.1 Å². The highest BCUT2D eigenvalue weighted by Crippen LogP contribution is 2.76. The number of hydrogen-bond acceptors (Lipinski definition) is 9. The van der Waals surface area contributed by atoms with E-state index in [0.717, 1.165) is 5.56 Å². The Bertz CT molecular complexity index is 1570. The fraction of sp³-hybridized carbons (Fsp3) is 0.686. The van der Waals surface area contributed by atoms with Crippen LogP contribution in [-0.4, -0.2) is 66.5 Å². The molecule has 10 heteroatoms. The predicted molar refractivity (Wildman–Crippen MR) is 162 cm³/mol. The van der Waals surface area contributed by atoms with Crippen molar-refractivity contribution in [2.45, 2.75) is 95.0 Å². The number of aliphatic hydroxyl groups is 2. The van der Waals surface area contributed by atoms with E-state index in [1.54, 1.807) is 24.3 Å². The van der Waals surface area contributed by atoms with Gasteiger partial charge in [0.25, 0.3) is 0 Å². The average molecular weight is 641 g/mol. The van der Waals surface area contributed by atoms with E-state index in [1.165, 1.54) is 0 Å². The Hall–Kier alpha value is -2.40. The number of aliphatic hydroxyl groups excluding tert-OH is 1. The van der Waals surface area contributed by atoms with Crippen molar-refractivity contribution in [3.8, 4) is 0 Å². The Morgan fingerprint density at radius 1 is 1.07 bits per heavy atom. The molecule has 0 unspecified atom stereocenters. The zero-order chi connectivity index (χ0) is 32.3. The zero-order valence-corrected chi connectivity index (χ0v) is 27.1. The highest BCUT2D eigenvalue weighted by molar-refractivity contribution is 7.91. The van der Waals surface area contributed by atoms with Crippen molar-refractivity contribution < 1.29 is 42.5 Å². The molecule has 9 nitrogen and oxygen atoms in total. The minimum Gasteiger partial charge on any atom is -0.460 e. The predicted octanol–water partition coefficient (Wildman–Crippen LogP) is 3.72. The van der Waals surface area contributed by atoms with Gasteiger partial charge in [0.05, 0.1) is 28.6 Å². The fourth-order valence-electron chi connectivity index (χ4n) is 10.7. The van der Waals surface area contributed by atoms with Crippen LogP contribution < -0.4 is 0 Å².